The second kappa shape index (κ2) is 9.98. The van der Waals surface area contributed by atoms with Crippen LogP contribution in [-0.4, -0.2) is 38.1 Å². The predicted molar refractivity (Wildman–Crippen MR) is 129 cm³/mol. The van der Waals surface area contributed by atoms with Crippen molar-refractivity contribution in [2.75, 3.05) is 17.1 Å². The third-order valence-electron chi connectivity index (χ3n) is 5.47. The first-order valence-corrected chi connectivity index (χ1v) is 12.2. The fourth-order valence-corrected chi connectivity index (χ4v) is 4.74. The van der Waals surface area contributed by atoms with Crippen molar-refractivity contribution in [3.8, 4) is 5.75 Å². The Hall–Kier alpha value is -4.18. The number of nitrogens with zero attached hydrogens (tertiary/aromatic N) is 1. The number of imide groups is 1. The monoisotopic (exact) mass is 493 g/mol. The van der Waals surface area contributed by atoms with Crippen molar-refractivity contribution in [2.45, 2.75) is 24.3 Å². The topological polar surface area (TPSA) is 122 Å². The van der Waals surface area contributed by atoms with Crippen LogP contribution < -0.4 is 14.8 Å². The molecule has 180 valence electrons. The van der Waals surface area contributed by atoms with Gasteiger partial charge in [-0.25, -0.2) is 8.42 Å². The Kier molecular flexibility index (Phi) is 6.83. The summed E-state index contributed by atoms with van der Waals surface area (Å²) < 4.78 is 33.4. The van der Waals surface area contributed by atoms with Crippen molar-refractivity contribution in [2.24, 2.45) is 0 Å². The van der Waals surface area contributed by atoms with Crippen LogP contribution in [0.15, 0.2) is 77.7 Å². The summed E-state index contributed by atoms with van der Waals surface area (Å²) in [5.74, 6) is -0.460. The Morgan fingerprint density at radius 3 is 2.31 bits per heavy atom. The number of hydrogen-bond donors (Lipinski definition) is 2. The van der Waals surface area contributed by atoms with Crippen molar-refractivity contribution in [1.29, 1.82) is 0 Å². The van der Waals surface area contributed by atoms with Gasteiger partial charge in [0, 0.05) is 24.1 Å². The number of sulfonamides is 1. The van der Waals surface area contributed by atoms with Gasteiger partial charge in [-0.3, -0.25) is 24.0 Å². The van der Waals surface area contributed by atoms with Gasteiger partial charge in [0.05, 0.1) is 24.2 Å². The fraction of sp³-hybridized carbons (Fsp3) is 0.160. The van der Waals surface area contributed by atoms with Crippen LogP contribution in [0.2, 0.25) is 0 Å². The summed E-state index contributed by atoms with van der Waals surface area (Å²) in [7, 11) is -2.49. The molecule has 1 fully saturated rings. The number of likely N-dealkylation sites (tertiary alicyclic amines) is 1. The zero-order chi connectivity index (χ0) is 25.0. The Labute approximate surface area is 202 Å². The van der Waals surface area contributed by atoms with E-state index in [-0.39, 0.29) is 36.1 Å². The second-order valence-corrected chi connectivity index (χ2v) is 9.54. The molecule has 4 rings (SSSR count). The highest BCUT2D eigenvalue weighted by atomic mass is 32.2. The zero-order valence-electron chi connectivity index (χ0n) is 18.9. The summed E-state index contributed by atoms with van der Waals surface area (Å²) in [5, 5.41) is 2.69. The van der Waals surface area contributed by atoms with Crippen molar-refractivity contribution >= 4 is 39.1 Å². The van der Waals surface area contributed by atoms with Crippen LogP contribution in [-0.2, 0) is 26.2 Å². The van der Waals surface area contributed by atoms with E-state index >= 15 is 0 Å². The van der Waals surface area contributed by atoms with Gasteiger partial charge in [0.2, 0.25) is 11.8 Å². The molecule has 10 heteroatoms. The third kappa shape index (κ3) is 5.49. The molecular weight excluding hydrogens is 470 g/mol. The lowest BCUT2D eigenvalue weighted by molar-refractivity contribution is -0.139. The van der Waals surface area contributed by atoms with E-state index in [1.54, 1.807) is 54.6 Å². The number of methoxy groups -OCH3 is 1. The summed E-state index contributed by atoms with van der Waals surface area (Å²) >= 11 is 0. The van der Waals surface area contributed by atoms with Gasteiger partial charge in [-0.1, -0.05) is 30.3 Å². The number of carbonyl (C=O) groups excluding carboxylic acids is 3. The largest absolute Gasteiger partial charge is 0.495 e. The molecule has 0 radical (unpaired) electrons. The highest BCUT2D eigenvalue weighted by Crippen LogP contribution is 2.27. The lowest BCUT2D eigenvalue weighted by Gasteiger charge is -2.14. The van der Waals surface area contributed by atoms with E-state index in [0.29, 0.717) is 22.7 Å². The molecule has 0 atom stereocenters. The molecule has 0 bridgehead atoms. The maximum Gasteiger partial charge on any atom is 0.262 e. The molecule has 1 aliphatic rings. The van der Waals surface area contributed by atoms with E-state index in [9.17, 15) is 22.8 Å². The van der Waals surface area contributed by atoms with Crippen molar-refractivity contribution in [1.82, 2.24) is 4.90 Å². The number of nitrogens with one attached hydrogen (secondary N) is 2. The molecule has 1 aliphatic heterocycles. The van der Waals surface area contributed by atoms with Gasteiger partial charge < -0.3 is 10.1 Å². The zero-order valence-corrected chi connectivity index (χ0v) is 19.7. The molecule has 3 aromatic carbocycles. The van der Waals surface area contributed by atoms with Crippen LogP contribution in [0.25, 0.3) is 0 Å². The molecule has 3 aromatic rings. The third-order valence-corrected chi connectivity index (χ3v) is 6.83. The minimum Gasteiger partial charge on any atom is -0.495 e. The van der Waals surface area contributed by atoms with E-state index in [0.717, 1.165) is 5.56 Å². The minimum absolute atomic E-state index is 0.0310. The fourth-order valence-electron chi connectivity index (χ4n) is 3.62. The van der Waals surface area contributed by atoms with Crippen LogP contribution in [0.3, 0.4) is 0 Å². The lowest BCUT2D eigenvalue weighted by Crippen LogP contribution is -2.28. The summed E-state index contributed by atoms with van der Waals surface area (Å²) in [6, 6.07) is 19.0. The first-order valence-electron chi connectivity index (χ1n) is 10.8. The Balaban J connectivity index is 1.45. The average Bonchev–Trinajstić information content (AvgIpc) is 3.17. The standard InChI is InChI=1S/C25H23N3O6S/c1-34-22-8-3-2-7-21(22)27-35(32,33)20-6-4-5-19(15-20)26-25(31)18-11-9-17(10-12-18)16-28-23(29)13-14-24(28)30/h2-12,15,27H,13-14,16H2,1H3,(H,26,31). The first kappa shape index (κ1) is 24.0. The van der Waals surface area contributed by atoms with Crippen LogP contribution in [0.4, 0.5) is 11.4 Å². The van der Waals surface area contributed by atoms with Gasteiger partial charge in [-0.05, 0) is 48.0 Å². The normalized spacial score (nSPS) is 13.6. The van der Waals surface area contributed by atoms with Gasteiger partial charge >= 0.3 is 0 Å². The minimum atomic E-state index is -3.94. The van der Waals surface area contributed by atoms with Crippen LogP contribution in [0.1, 0.15) is 28.8 Å². The maximum absolute atomic E-state index is 12.9. The summed E-state index contributed by atoms with van der Waals surface area (Å²) in [4.78, 5) is 37.5. The Morgan fingerprint density at radius 2 is 1.63 bits per heavy atom. The van der Waals surface area contributed by atoms with E-state index in [1.807, 2.05) is 0 Å². The van der Waals surface area contributed by atoms with Crippen LogP contribution in [0, 0.1) is 0 Å². The van der Waals surface area contributed by atoms with Crippen LogP contribution in [0.5, 0.6) is 5.75 Å². The molecule has 3 amide bonds. The molecule has 1 saturated heterocycles. The second-order valence-electron chi connectivity index (χ2n) is 7.86. The molecule has 9 nitrogen and oxygen atoms in total. The number of benzene rings is 3. The van der Waals surface area contributed by atoms with Gasteiger partial charge in [0.15, 0.2) is 0 Å². The van der Waals surface area contributed by atoms with Gasteiger partial charge in [0.25, 0.3) is 15.9 Å². The van der Waals surface area contributed by atoms with Gasteiger partial charge in [0.1, 0.15) is 5.75 Å². The van der Waals surface area contributed by atoms with Crippen molar-refractivity contribution in [3.05, 3.63) is 83.9 Å². The summed E-state index contributed by atoms with van der Waals surface area (Å²) in [6.45, 7) is 0.165. The molecule has 0 spiro atoms. The lowest BCUT2D eigenvalue weighted by atomic mass is 10.1. The van der Waals surface area contributed by atoms with Gasteiger partial charge in [-0.15, -0.1) is 0 Å². The maximum atomic E-state index is 12.9. The summed E-state index contributed by atoms with van der Waals surface area (Å²) in [6.07, 6.45) is 0.449. The number of para-hydroxylation sites is 2. The predicted octanol–water partition coefficient (Wildman–Crippen LogP) is 3.40. The van der Waals surface area contributed by atoms with Crippen molar-refractivity contribution < 1.29 is 27.5 Å². The number of hydrogen-bond acceptors (Lipinski definition) is 6. The highest BCUT2D eigenvalue weighted by Gasteiger charge is 2.28. The number of amides is 3. The van der Waals surface area contributed by atoms with Crippen LogP contribution >= 0.6 is 0 Å². The number of carbonyl (C=O) groups is 3. The number of anilines is 2. The molecule has 0 aromatic heterocycles. The van der Waals surface area contributed by atoms with E-state index in [2.05, 4.69) is 10.0 Å². The first-order chi connectivity index (χ1) is 16.8. The molecule has 0 saturated carbocycles. The Morgan fingerprint density at radius 1 is 0.943 bits per heavy atom. The quantitative estimate of drug-likeness (QED) is 0.464. The molecule has 1 heterocycles. The van der Waals surface area contributed by atoms with Crippen molar-refractivity contribution in [3.63, 3.8) is 0 Å². The summed E-state index contributed by atoms with van der Waals surface area (Å²) in [5.41, 5.74) is 1.66. The van der Waals surface area contributed by atoms with E-state index in [4.69, 9.17) is 4.74 Å². The van der Waals surface area contributed by atoms with E-state index < -0.39 is 15.9 Å². The Bertz CT molecular complexity index is 1370. The molecule has 2 N–H and O–H groups in total. The molecule has 0 aliphatic carbocycles. The van der Waals surface area contributed by atoms with E-state index in [1.165, 1.54) is 30.2 Å². The molecule has 0 unspecified atom stereocenters. The smallest absolute Gasteiger partial charge is 0.262 e. The highest BCUT2D eigenvalue weighted by molar-refractivity contribution is 7.92. The average molecular weight is 494 g/mol. The number of rotatable bonds is 8. The molecular formula is C25H23N3O6S. The molecule has 35 heavy (non-hydrogen) atoms. The van der Waals surface area contributed by atoms with Gasteiger partial charge in [-0.2, -0.15) is 0 Å². The SMILES string of the molecule is COc1ccccc1NS(=O)(=O)c1cccc(NC(=O)c2ccc(CN3C(=O)CCC3=O)cc2)c1. The number of ether oxygens (including phenoxy) is 1.